The Morgan fingerprint density at radius 1 is 0.926 bits per heavy atom. The first-order valence-electron chi connectivity index (χ1n) is 9.29. The van der Waals surface area contributed by atoms with Crippen LogP contribution in [0.3, 0.4) is 0 Å². The smallest absolute Gasteiger partial charge is 0.229 e. The molecule has 0 spiro atoms. The summed E-state index contributed by atoms with van der Waals surface area (Å²) in [4.78, 5) is 27.0. The second kappa shape index (κ2) is 9.44. The van der Waals surface area contributed by atoms with E-state index in [1.165, 1.54) is 0 Å². The average Bonchev–Trinajstić information content (AvgIpc) is 2.80. The monoisotopic (exact) mass is 367 g/mol. The molecule has 0 saturated carbocycles. The van der Waals surface area contributed by atoms with Gasteiger partial charge in [-0.15, -0.1) is 0 Å². The maximum absolute atomic E-state index is 12.7. The molecule has 1 fully saturated rings. The summed E-state index contributed by atoms with van der Waals surface area (Å²) >= 11 is 0. The molecule has 5 nitrogen and oxygen atoms in total. The highest BCUT2D eigenvalue weighted by molar-refractivity contribution is 6.08. The first-order valence-corrected chi connectivity index (χ1v) is 9.29. The average molecular weight is 367 g/mol. The minimum atomic E-state index is -0.0180. The topological polar surface area (TPSA) is 55.8 Å². The second-order valence-electron chi connectivity index (χ2n) is 6.72. The Kier molecular flexibility index (Phi) is 6.74. The fraction of sp³-hybridized carbons (Fsp3) is 0.364. The van der Waals surface area contributed by atoms with E-state index in [4.69, 9.17) is 9.47 Å². The Hall–Kier alpha value is -2.50. The van der Waals surface area contributed by atoms with Crippen molar-refractivity contribution >= 4 is 11.7 Å². The summed E-state index contributed by atoms with van der Waals surface area (Å²) < 4.78 is 11.0. The van der Waals surface area contributed by atoms with Crippen LogP contribution in [0.15, 0.2) is 54.6 Å². The van der Waals surface area contributed by atoms with Crippen LogP contribution in [0.4, 0.5) is 0 Å². The zero-order valence-electron chi connectivity index (χ0n) is 15.6. The van der Waals surface area contributed by atoms with Crippen molar-refractivity contribution in [3.63, 3.8) is 0 Å². The molecule has 1 saturated heterocycles. The Morgan fingerprint density at radius 2 is 1.59 bits per heavy atom. The molecular formula is C22H25NO4. The van der Waals surface area contributed by atoms with Gasteiger partial charge >= 0.3 is 0 Å². The summed E-state index contributed by atoms with van der Waals surface area (Å²) in [5, 5.41) is 0. The van der Waals surface area contributed by atoms with Crippen molar-refractivity contribution in [2.75, 3.05) is 26.6 Å². The van der Waals surface area contributed by atoms with Gasteiger partial charge in [0, 0.05) is 23.8 Å². The summed E-state index contributed by atoms with van der Waals surface area (Å²) in [5.41, 5.74) is 2.16. The van der Waals surface area contributed by atoms with Crippen molar-refractivity contribution in [2.45, 2.75) is 25.8 Å². The second-order valence-corrected chi connectivity index (χ2v) is 6.72. The highest BCUT2D eigenvalue weighted by Gasteiger charge is 2.21. The number of hydrogen-bond acceptors (Lipinski definition) is 4. The lowest BCUT2D eigenvalue weighted by Gasteiger charge is -2.28. The third-order valence-electron chi connectivity index (χ3n) is 4.74. The first kappa shape index (κ1) is 19.3. The van der Waals surface area contributed by atoms with Crippen LogP contribution in [0.25, 0.3) is 0 Å². The largest absolute Gasteiger partial charge is 0.379 e. The summed E-state index contributed by atoms with van der Waals surface area (Å²) in [6.07, 6.45) is 1.08. The number of carbonyl (C=O) groups is 2. The number of carbonyl (C=O) groups excluding carboxylic acids is 2. The van der Waals surface area contributed by atoms with E-state index in [2.05, 4.69) is 0 Å². The molecule has 3 rings (SSSR count). The zero-order chi connectivity index (χ0) is 19.1. The summed E-state index contributed by atoms with van der Waals surface area (Å²) in [7, 11) is 0. The van der Waals surface area contributed by atoms with Gasteiger partial charge in [-0.2, -0.15) is 0 Å². The van der Waals surface area contributed by atoms with Crippen LogP contribution >= 0.6 is 0 Å². The van der Waals surface area contributed by atoms with Gasteiger partial charge in [-0.05, 0) is 18.9 Å². The molecule has 1 aliphatic rings. The summed E-state index contributed by atoms with van der Waals surface area (Å²) in [6.45, 7) is 3.98. The van der Waals surface area contributed by atoms with E-state index in [-0.39, 0.29) is 30.9 Å². The molecule has 1 amide bonds. The van der Waals surface area contributed by atoms with Crippen molar-refractivity contribution in [3.8, 4) is 0 Å². The molecule has 1 unspecified atom stereocenters. The maximum atomic E-state index is 12.7. The molecule has 0 bridgehead atoms. The number of hydrogen-bond donors (Lipinski definition) is 0. The Morgan fingerprint density at radius 3 is 2.33 bits per heavy atom. The van der Waals surface area contributed by atoms with Gasteiger partial charge in [0.2, 0.25) is 5.91 Å². The van der Waals surface area contributed by atoms with Gasteiger partial charge in [-0.1, -0.05) is 54.6 Å². The number of amides is 1. The van der Waals surface area contributed by atoms with Gasteiger partial charge in [-0.3, -0.25) is 9.59 Å². The van der Waals surface area contributed by atoms with Crippen molar-refractivity contribution in [1.29, 1.82) is 0 Å². The van der Waals surface area contributed by atoms with Crippen LogP contribution in [0.2, 0.25) is 0 Å². The van der Waals surface area contributed by atoms with E-state index in [0.717, 1.165) is 12.0 Å². The molecule has 1 heterocycles. The molecular weight excluding hydrogens is 342 g/mol. The highest BCUT2D eigenvalue weighted by Crippen LogP contribution is 2.14. The van der Waals surface area contributed by atoms with E-state index in [0.29, 0.717) is 30.9 Å². The fourth-order valence-corrected chi connectivity index (χ4v) is 3.04. The van der Waals surface area contributed by atoms with Gasteiger partial charge in [0.15, 0.2) is 5.78 Å². The summed E-state index contributed by atoms with van der Waals surface area (Å²) in [5.74, 6) is 0.00190. The molecule has 1 atom stereocenters. The van der Waals surface area contributed by atoms with Gasteiger partial charge in [0.1, 0.15) is 6.73 Å². The first-order chi connectivity index (χ1) is 13.1. The number of benzene rings is 2. The summed E-state index contributed by atoms with van der Waals surface area (Å²) in [6, 6.07) is 16.5. The molecule has 142 valence electrons. The Labute approximate surface area is 159 Å². The van der Waals surface area contributed by atoms with E-state index in [1.54, 1.807) is 29.2 Å². The number of nitrogens with zero attached hydrogens (tertiary/aromatic N) is 1. The predicted molar refractivity (Wildman–Crippen MR) is 103 cm³/mol. The molecule has 2 aromatic carbocycles. The molecule has 2 aromatic rings. The number of rotatable bonds is 4. The van der Waals surface area contributed by atoms with E-state index in [1.807, 2.05) is 37.3 Å². The van der Waals surface area contributed by atoms with Crippen LogP contribution in [0.1, 0.15) is 34.8 Å². The third kappa shape index (κ3) is 5.25. The normalized spacial score (nSPS) is 18.3. The molecule has 0 radical (unpaired) electrons. The Balaban J connectivity index is 1.64. The third-order valence-corrected chi connectivity index (χ3v) is 4.74. The van der Waals surface area contributed by atoms with Crippen LogP contribution in [0.5, 0.6) is 0 Å². The highest BCUT2D eigenvalue weighted by atomic mass is 16.5. The van der Waals surface area contributed by atoms with Crippen LogP contribution < -0.4 is 0 Å². The predicted octanol–water partition coefficient (Wildman–Crippen LogP) is 3.07. The van der Waals surface area contributed by atoms with Gasteiger partial charge in [0.25, 0.3) is 0 Å². The van der Waals surface area contributed by atoms with Crippen LogP contribution in [-0.2, 0) is 20.7 Å². The van der Waals surface area contributed by atoms with E-state index >= 15 is 0 Å². The lowest BCUT2D eigenvalue weighted by Crippen LogP contribution is -2.41. The molecule has 1 aliphatic heterocycles. The van der Waals surface area contributed by atoms with Crippen molar-refractivity contribution in [3.05, 3.63) is 71.3 Å². The fourth-order valence-electron chi connectivity index (χ4n) is 3.04. The number of ketones is 1. The van der Waals surface area contributed by atoms with E-state index in [9.17, 15) is 9.59 Å². The number of ether oxygens (including phenoxy) is 2. The molecule has 5 heteroatoms. The Bertz CT molecular complexity index is 758. The van der Waals surface area contributed by atoms with Crippen LogP contribution in [-0.4, -0.2) is 49.2 Å². The maximum Gasteiger partial charge on any atom is 0.229 e. The molecule has 0 N–H and O–H groups in total. The van der Waals surface area contributed by atoms with Crippen molar-refractivity contribution in [2.24, 2.45) is 0 Å². The van der Waals surface area contributed by atoms with Crippen molar-refractivity contribution < 1.29 is 19.1 Å². The van der Waals surface area contributed by atoms with Gasteiger partial charge < -0.3 is 14.4 Å². The van der Waals surface area contributed by atoms with Gasteiger partial charge in [-0.25, -0.2) is 0 Å². The molecule has 0 aromatic heterocycles. The van der Waals surface area contributed by atoms with Gasteiger partial charge in [0.05, 0.1) is 19.6 Å². The minimum Gasteiger partial charge on any atom is -0.379 e. The van der Waals surface area contributed by atoms with Crippen LogP contribution in [0, 0.1) is 0 Å². The molecule has 27 heavy (non-hydrogen) atoms. The lowest BCUT2D eigenvalue weighted by molar-refractivity contribution is -0.138. The quantitative estimate of drug-likeness (QED) is 0.780. The SMILES string of the molecule is CC1CCOCCOCN1C(=O)Cc1ccc(C(=O)c2ccccc2)cc1. The van der Waals surface area contributed by atoms with Crippen molar-refractivity contribution in [1.82, 2.24) is 4.90 Å². The standard InChI is InChI=1S/C22H25NO4/c1-17-11-12-26-13-14-27-16-23(17)21(24)15-18-7-9-20(10-8-18)22(25)19-5-3-2-4-6-19/h2-10,17H,11-16H2,1H3. The minimum absolute atomic E-state index is 0.0180. The molecule has 0 aliphatic carbocycles. The van der Waals surface area contributed by atoms with E-state index < -0.39 is 0 Å². The lowest BCUT2D eigenvalue weighted by atomic mass is 10.0. The zero-order valence-corrected chi connectivity index (χ0v) is 15.6.